The van der Waals surface area contributed by atoms with Gasteiger partial charge in [-0.3, -0.25) is 4.79 Å². The lowest BCUT2D eigenvalue weighted by Gasteiger charge is -2.11. The summed E-state index contributed by atoms with van der Waals surface area (Å²) in [6.07, 6.45) is 1.75. The first-order valence-electron chi connectivity index (χ1n) is 10.7. The van der Waals surface area contributed by atoms with Crippen molar-refractivity contribution in [2.45, 2.75) is 37.7 Å². The van der Waals surface area contributed by atoms with E-state index in [1.54, 1.807) is 54.0 Å². The van der Waals surface area contributed by atoms with E-state index in [0.717, 1.165) is 22.6 Å². The molecule has 0 bridgehead atoms. The molecular formula is C22H30N6O3S. The lowest BCUT2D eigenvalue weighted by Crippen LogP contribution is -2.27. The number of anilines is 1. The molecule has 2 aromatic heterocycles. The second-order valence-electron chi connectivity index (χ2n) is 7.26. The summed E-state index contributed by atoms with van der Waals surface area (Å²) in [5, 5.41) is 12.6. The third-order valence-corrected chi connectivity index (χ3v) is 5.32. The van der Waals surface area contributed by atoms with Gasteiger partial charge in [-0.2, -0.15) is 5.10 Å². The van der Waals surface area contributed by atoms with E-state index in [4.69, 9.17) is 14.5 Å². The van der Waals surface area contributed by atoms with Gasteiger partial charge in [-0.1, -0.05) is 25.6 Å². The molecule has 0 radical (unpaired) electrons. The Kier molecular flexibility index (Phi) is 8.69. The molecule has 9 nitrogen and oxygen atoms in total. The van der Waals surface area contributed by atoms with E-state index >= 15 is 0 Å². The van der Waals surface area contributed by atoms with Crippen molar-refractivity contribution in [2.24, 2.45) is 0 Å². The molecule has 0 unspecified atom stereocenters. The van der Waals surface area contributed by atoms with Crippen molar-refractivity contribution in [3.63, 3.8) is 0 Å². The second kappa shape index (κ2) is 11.7. The average Bonchev–Trinajstić information content (AvgIpc) is 3.17. The van der Waals surface area contributed by atoms with Gasteiger partial charge in [-0.15, -0.1) is 0 Å². The van der Waals surface area contributed by atoms with Crippen molar-refractivity contribution < 1.29 is 14.3 Å². The summed E-state index contributed by atoms with van der Waals surface area (Å²) in [5.74, 6) is 1.34. The number of thioether (sulfide) groups is 1. The zero-order valence-corrected chi connectivity index (χ0v) is 19.7. The first kappa shape index (κ1) is 23.8. The Morgan fingerprint density at radius 3 is 2.66 bits per heavy atom. The minimum atomic E-state index is -0.142. The van der Waals surface area contributed by atoms with E-state index in [1.807, 2.05) is 6.92 Å². The molecule has 0 fully saturated rings. The minimum absolute atomic E-state index is 0.142. The Labute approximate surface area is 192 Å². The number of nitrogens with one attached hydrogen (secondary N) is 2. The summed E-state index contributed by atoms with van der Waals surface area (Å²) in [4.78, 5) is 21.8. The number of nitrogens with zero attached hydrogens (tertiary/aromatic N) is 4. The van der Waals surface area contributed by atoms with Crippen molar-refractivity contribution >= 4 is 34.5 Å². The van der Waals surface area contributed by atoms with Gasteiger partial charge in [-0.05, 0) is 31.2 Å². The van der Waals surface area contributed by atoms with E-state index in [-0.39, 0.29) is 5.91 Å². The summed E-state index contributed by atoms with van der Waals surface area (Å²) >= 11 is 1.59. The predicted molar refractivity (Wildman–Crippen MR) is 127 cm³/mol. The lowest BCUT2D eigenvalue weighted by molar-refractivity contribution is 0.0952. The van der Waals surface area contributed by atoms with Gasteiger partial charge >= 0.3 is 0 Å². The van der Waals surface area contributed by atoms with Crippen molar-refractivity contribution in [1.29, 1.82) is 0 Å². The van der Waals surface area contributed by atoms with Crippen molar-refractivity contribution in [2.75, 3.05) is 38.7 Å². The Balaban J connectivity index is 1.69. The molecule has 0 saturated heterocycles. The lowest BCUT2D eigenvalue weighted by atomic mass is 10.2. The molecule has 0 spiro atoms. The Morgan fingerprint density at radius 2 is 1.97 bits per heavy atom. The Hall–Kier alpha value is -2.85. The summed E-state index contributed by atoms with van der Waals surface area (Å²) in [6.45, 7) is 8.84. The predicted octanol–water partition coefficient (Wildman–Crippen LogP) is 3.21. The van der Waals surface area contributed by atoms with E-state index in [1.165, 1.54) is 0 Å². The maximum Gasteiger partial charge on any atom is 0.251 e. The number of rotatable bonds is 12. The Bertz CT molecular complexity index is 1020. The van der Waals surface area contributed by atoms with E-state index in [9.17, 15) is 4.79 Å². The third kappa shape index (κ3) is 6.33. The molecule has 0 atom stereocenters. The molecule has 1 amide bonds. The van der Waals surface area contributed by atoms with E-state index in [2.05, 4.69) is 34.6 Å². The summed E-state index contributed by atoms with van der Waals surface area (Å²) in [7, 11) is 1.66. The number of methoxy groups -OCH3 is 1. The van der Waals surface area contributed by atoms with Crippen molar-refractivity contribution in [3.8, 4) is 5.75 Å². The van der Waals surface area contributed by atoms with Crippen LogP contribution in [-0.4, -0.2) is 64.3 Å². The number of amides is 1. The van der Waals surface area contributed by atoms with Gasteiger partial charge < -0.3 is 20.1 Å². The molecule has 172 valence electrons. The minimum Gasteiger partial charge on any atom is -0.494 e. The van der Waals surface area contributed by atoms with Crippen LogP contribution in [0.3, 0.4) is 0 Å². The Morgan fingerprint density at radius 1 is 1.19 bits per heavy atom. The summed E-state index contributed by atoms with van der Waals surface area (Å²) < 4.78 is 12.3. The van der Waals surface area contributed by atoms with Crippen molar-refractivity contribution in [1.82, 2.24) is 25.1 Å². The molecule has 3 rings (SSSR count). The fourth-order valence-electron chi connectivity index (χ4n) is 3.02. The van der Waals surface area contributed by atoms with Gasteiger partial charge in [0.2, 0.25) is 0 Å². The van der Waals surface area contributed by atoms with Crippen LogP contribution in [0.1, 0.15) is 31.1 Å². The highest BCUT2D eigenvalue weighted by Crippen LogP contribution is 2.26. The van der Waals surface area contributed by atoms with E-state index < -0.39 is 0 Å². The number of hydrogen-bond donors (Lipinski definition) is 2. The van der Waals surface area contributed by atoms with Crippen LogP contribution >= 0.6 is 11.8 Å². The fraction of sp³-hybridized carbons (Fsp3) is 0.455. The first-order chi connectivity index (χ1) is 15.5. The molecule has 2 N–H and O–H groups in total. The van der Waals surface area contributed by atoms with Gasteiger partial charge in [0.1, 0.15) is 11.6 Å². The van der Waals surface area contributed by atoms with Crippen LogP contribution in [0.4, 0.5) is 5.82 Å². The van der Waals surface area contributed by atoms with Crippen LogP contribution < -0.4 is 15.4 Å². The normalized spacial score (nSPS) is 11.2. The molecule has 2 heterocycles. The highest BCUT2D eigenvalue weighted by Gasteiger charge is 2.14. The monoisotopic (exact) mass is 458 g/mol. The summed E-state index contributed by atoms with van der Waals surface area (Å²) in [5.41, 5.74) is 1.32. The van der Waals surface area contributed by atoms with Crippen molar-refractivity contribution in [3.05, 3.63) is 36.0 Å². The van der Waals surface area contributed by atoms with Gasteiger partial charge in [0, 0.05) is 31.0 Å². The molecule has 0 aliphatic heterocycles. The summed E-state index contributed by atoms with van der Waals surface area (Å²) in [6, 6.07) is 7.10. The number of fused-ring (bicyclic) bond motifs is 1. The molecule has 3 aromatic rings. The quantitative estimate of drug-likeness (QED) is 0.242. The molecule has 0 aliphatic rings. The van der Waals surface area contributed by atoms with Gasteiger partial charge in [0.15, 0.2) is 10.8 Å². The zero-order valence-electron chi connectivity index (χ0n) is 18.9. The van der Waals surface area contributed by atoms with Crippen LogP contribution in [-0.2, 0) is 11.3 Å². The number of aromatic nitrogens is 4. The molecule has 0 saturated carbocycles. The van der Waals surface area contributed by atoms with Crippen LogP contribution in [0.5, 0.6) is 5.75 Å². The molecule has 1 aromatic carbocycles. The van der Waals surface area contributed by atoms with Crippen LogP contribution in [0.25, 0.3) is 11.0 Å². The number of hydrogen-bond acceptors (Lipinski definition) is 8. The number of ether oxygens (including phenoxy) is 2. The van der Waals surface area contributed by atoms with Crippen LogP contribution in [0, 0.1) is 0 Å². The average molecular weight is 459 g/mol. The fourth-order valence-corrected chi connectivity index (χ4v) is 3.72. The maximum absolute atomic E-state index is 12.4. The molecule has 0 aliphatic carbocycles. The van der Waals surface area contributed by atoms with E-state index in [0.29, 0.717) is 48.8 Å². The zero-order chi connectivity index (χ0) is 22.9. The molecule has 32 heavy (non-hydrogen) atoms. The first-order valence-corrected chi connectivity index (χ1v) is 11.5. The third-order valence-electron chi connectivity index (χ3n) is 4.45. The number of benzene rings is 1. The van der Waals surface area contributed by atoms with Gasteiger partial charge in [0.25, 0.3) is 5.91 Å². The standard InChI is InChI=1S/C22H30N6O3S/c1-5-31-17-8-6-16(7-9-17)21(29)24-10-12-28-20-18(14-25-28)19(23-11-13-30-4)26-22(27-20)32-15(2)3/h6-9,14-15H,5,10-13H2,1-4H3,(H,24,29)(H,23,26,27). The maximum atomic E-state index is 12.4. The molecule has 10 heteroatoms. The number of carbonyl (C=O) groups is 1. The topological polar surface area (TPSA) is 103 Å². The smallest absolute Gasteiger partial charge is 0.251 e. The second-order valence-corrected chi connectivity index (χ2v) is 8.80. The molecular weight excluding hydrogens is 428 g/mol. The highest BCUT2D eigenvalue weighted by atomic mass is 32.2. The van der Waals surface area contributed by atoms with Gasteiger partial charge in [0.05, 0.1) is 31.3 Å². The SMILES string of the molecule is CCOc1ccc(C(=O)NCCn2ncc3c(NCCOC)nc(SC(C)C)nc32)cc1. The van der Waals surface area contributed by atoms with Crippen LogP contribution in [0.15, 0.2) is 35.6 Å². The number of carbonyl (C=O) groups excluding carboxylic acids is 1. The van der Waals surface area contributed by atoms with Gasteiger partial charge in [-0.25, -0.2) is 14.6 Å². The highest BCUT2D eigenvalue weighted by molar-refractivity contribution is 7.99. The van der Waals surface area contributed by atoms with Crippen LogP contribution in [0.2, 0.25) is 0 Å². The largest absolute Gasteiger partial charge is 0.494 e.